The van der Waals surface area contributed by atoms with Crippen molar-refractivity contribution in [2.24, 2.45) is 11.7 Å². The highest BCUT2D eigenvalue weighted by Crippen LogP contribution is 2.22. The summed E-state index contributed by atoms with van der Waals surface area (Å²) in [6, 6.07) is 11.7. The Balaban J connectivity index is 2.04. The Bertz CT molecular complexity index is 587. The molecule has 4 nitrogen and oxygen atoms in total. The molecule has 0 spiro atoms. The van der Waals surface area contributed by atoms with Crippen molar-refractivity contribution < 1.29 is 9.21 Å². The molecule has 1 atom stereocenters. The minimum Gasteiger partial charge on any atom is -0.451 e. The van der Waals surface area contributed by atoms with Gasteiger partial charge in [-0.1, -0.05) is 38.1 Å². The SMILES string of the molecule is CCc1ccc(-c2ccc(C(=O)NCC(C)CN)o2)cc1. The number of benzene rings is 1. The third kappa shape index (κ3) is 3.95. The molecular formula is C17H22N2O2. The van der Waals surface area contributed by atoms with Crippen molar-refractivity contribution in [2.45, 2.75) is 20.3 Å². The summed E-state index contributed by atoms with van der Waals surface area (Å²) in [4.78, 5) is 12.0. The van der Waals surface area contributed by atoms with E-state index in [9.17, 15) is 4.79 Å². The average Bonchev–Trinajstić information content (AvgIpc) is 3.02. The van der Waals surface area contributed by atoms with Crippen molar-refractivity contribution in [2.75, 3.05) is 13.1 Å². The summed E-state index contributed by atoms with van der Waals surface area (Å²) in [6.45, 7) is 5.21. The van der Waals surface area contributed by atoms with E-state index in [2.05, 4.69) is 24.4 Å². The van der Waals surface area contributed by atoms with Crippen LogP contribution >= 0.6 is 0 Å². The van der Waals surface area contributed by atoms with E-state index in [0.29, 0.717) is 24.6 Å². The molecule has 0 aliphatic carbocycles. The molecule has 1 unspecified atom stereocenters. The van der Waals surface area contributed by atoms with Gasteiger partial charge in [-0.05, 0) is 36.6 Å². The molecule has 3 N–H and O–H groups in total. The molecule has 0 aliphatic heterocycles. The molecule has 1 amide bonds. The summed E-state index contributed by atoms with van der Waals surface area (Å²) in [5.74, 6) is 1.08. The molecular weight excluding hydrogens is 264 g/mol. The van der Waals surface area contributed by atoms with Crippen LogP contribution in [-0.2, 0) is 6.42 Å². The van der Waals surface area contributed by atoms with Crippen LogP contribution in [0.25, 0.3) is 11.3 Å². The fourth-order valence-corrected chi connectivity index (χ4v) is 1.96. The Morgan fingerprint density at radius 3 is 2.57 bits per heavy atom. The maximum atomic E-state index is 12.0. The van der Waals surface area contributed by atoms with Gasteiger partial charge in [-0.3, -0.25) is 4.79 Å². The number of hydrogen-bond acceptors (Lipinski definition) is 3. The number of furan rings is 1. The molecule has 2 aromatic rings. The van der Waals surface area contributed by atoms with Crippen LogP contribution in [-0.4, -0.2) is 19.0 Å². The first-order valence-corrected chi connectivity index (χ1v) is 7.31. The highest BCUT2D eigenvalue weighted by atomic mass is 16.3. The van der Waals surface area contributed by atoms with Crippen LogP contribution in [0.1, 0.15) is 30.0 Å². The summed E-state index contributed by atoms with van der Waals surface area (Å²) in [7, 11) is 0. The summed E-state index contributed by atoms with van der Waals surface area (Å²) < 4.78 is 5.63. The van der Waals surface area contributed by atoms with Gasteiger partial charge in [0.05, 0.1) is 0 Å². The number of hydrogen-bond donors (Lipinski definition) is 2. The monoisotopic (exact) mass is 286 g/mol. The van der Waals surface area contributed by atoms with Crippen molar-refractivity contribution in [3.8, 4) is 11.3 Å². The first kappa shape index (κ1) is 15.3. The van der Waals surface area contributed by atoms with Gasteiger partial charge in [-0.15, -0.1) is 0 Å². The molecule has 0 radical (unpaired) electrons. The molecule has 112 valence electrons. The molecule has 0 aliphatic rings. The van der Waals surface area contributed by atoms with E-state index < -0.39 is 0 Å². The number of aryl methyl sites for hydroxylation is 1. The van der Waals surface area contributed by atoms with Crippen LogP contribution in [0.5, 0.6) is 0 Å². The zero-order valence-electron chi connectivity index (χ0n) is 12.6. The summed E-state index contributed by atoms with van der Waals surface area (Å²) in [6.07, 6.45) is 1.01. The van der Waals surface area contributed by atoms with Crippen molar-refractivity contribution in [1.29, 1.82) is 0 Å². The van der Waals surface area contributed by atoms with Crippen LogP contribution < -0.4 is 11.1 Å². The highest BCUT2D eigenvalue weighted by Gasteiger charge is 2.12. The number of nitrogens with one attached hydrogen (secondary N) is 1. The minimum absolute atomic E-state index is 0.202. The Labute approximate surface area is 125 Å². The van der Waals surface area contributed by atoms with Gasteiger partial charge in [-0.25, -0.2) is 0 Å². The third-order valence-corrected chi connectivity index (χ3v) is 3.49. The number of amides is 1. The molecule has 0 saturated heterocycles. The highest BCUT2D eigenvalue weighted by molar-refractivity contribution is 5.92. The molecule has 1 aromatic heterocycles. The average molecular weight is 286 g/mol. The van der Waals surface area contributed by atoms with Gasteiger partial charge in [-0.2, -0.15) is 0 Å². The molecule has 1 aromatic carbocycles. The predicted molar refractivity (Wildman–Crippen MR) is 84.1 cm³/mol. The lowest BCUT2D eigenvalue weighted by molar-refractivity contribution is 0.0921. The lowest BCUT2D eigenvalue weighted by atomic mass is 10.1. The van der Waals surface area contributed by atoms with Crippen molar-refractivity contribution in [3.05, 3.63) is 47.7 Å². The number of rotatable bonds is 6. The Hall–Kier alpha value is -2.07. The van der Waals surface area contributed by atoms with E-state index in [4.69, 9.17) is 10.2 Å². The first-order chi connectivity index (χ1) is 10.1. The zero-order chi connectivity index (χ0) is 15.2. The molecule has 1 heterocycles. The topological polar surface area (TPSA) is 68.3 Å². The summed E-state index contributed by atoms with van der Waals surface area (Å²) in [5, 5.41) is 2.82. The van der Waals surface area contributed by atoms with Crippen molar-refractivity contribution >= 4 is 5.91 Å². The van der Waals surface area contributed by atoms with Gasteiger partial charge in [0, 0.05) is 12.1 Å². The molecule has 0 bridgehead atoms. The van der Waals surface area contributed by atoms with Crippen molar-refractivity contribution in [1.82, 2.24) is 5.32 Å². The van der Waals surface area contributed by atoms with Crippen LogP contribution in [0.15, 0.2) is 40.8 Å². The second kappa shape index (κ2) is 7.09. The standard InChI is InChI=1S/C17H22N2O2/c1-3-13-4-6-14(7-5-13)15-8-9-16(21-15)17(20)19-11-12(2)10-18/h4-9,12H,3,10-11,18H2,1-2H3,(H,19,20). The van der Waals surface area contributed by atoms with Crippen LogP contribution in [0, 0.1) is 5.92 Å². The zero-order valence-corrected chi connectivity index (χ0v) is 12.6. The fourth-order valence-electron chi connectivity index (χ4n) is 1.96. The second-order valence-corrected chi connectivity index (χ2v) is 5.27. The van der Waals surface area contributed by atoms with Crippen LogP contribution in [0.2, 0.25) is 0 Å². The Morgan fingerprint density at radius 1 is 1.24 bits per heavy atom. The molecule has 21 heavy (non-hydrogen) atoms. The van der Waals surface area contributed by atoms with Crippen LogP contribution in [0.4, 0.5) is 0 Å². The molecule has 2 rings (SSSR count). The maximum absolute atomic E-state index is 12.0. The maximum Gasteiger partial charge on any atom is 0.287 e. The van der Waals surface area contributed by atoms with E-state index in [1.807, 2.05) is 25.1 Å². The van der Waals surface area contributed by atoms with Gasteiger partial charge in [0.25, 0.3) is 5.91 Å². The summed E-state index contributed by atoms with van der Waals surface area (Å²) >= 11 is 0. The number of carbonyl (C=O) groups is 1. The van der Waals surface area contributed by atoms with E-state index in [-0.39, 0.29) is 11.8 Å². The predicted octanol–water partition coefficient (Wildman–Crippen LogP) is 2.83. The minimum atomic E-state index is -0.202. The van der Waals surface area contributed by atoms with Crippen LogP contribution in [0.3, 0.4) is 0 Å². The second-order valence-electron chi connectivity index (χ2n) is 5.27. The Kier molecular flexibility index (Phi) is 5.17. The molecule has 4 heteroatoms. The van der Waals surface area contributed by atoms with Gasteiger partial charge >= 0.3 is 0 Å². The summed E-state index contributed by atoms with van der Waals surface area (Å²) in [5.41, 5.74) is 7.78. The number of nitrogens with two attached hydrogens (primary N) is 1. The van der Waals surface area contributed by atoms with E-state index in [1.54, 1.807) is 6.07 Å². The quantitative estimate of drug-likeness (QED) is 0.858. The molecule has 0 saturated carbocycles. The smallest absolute Gasteiger partial charge is 0.287 e. The lowest BCUT2D eigenvalue weighted by Gasteiger charge is -2.08. The Morgan fingerprint density at radius 2 is 1.95 bits per heavy atom. The largest absolute Gasteiger partial charge is 0.451 e. The van der Waals surface area contributed by atoms with E-state index >= 15 is 0 Å². The lowest BCUT2D eigenvalue weighted by Crippen LogP contribution is -2.30. The van der Waals surface area contributed by atoms with Gasteiger partial charge in [0.2, 0.25) is 0 Å². The fraction of sp³-hybridized carbons (Fsp3) is 0.353. The molecule has 0 fully saturated rings. The van der Waals surface area contributed by atoms with Crippen molar-refractivity contribution in [3.63, 3.8) is 0 Å². The van der Waals surface area contributed by atoms with E-state index in [0.717, 1.165) is 12.0 Å². The normalized spacial score (nSPS) is 12.1. The van der Waals surface area contributed by atoms with Gasteiger partial charge in [0.15, 0.2) is 5.76 Å². The first-order valence-electron chi connectivity index (χ1n) is 7.31. The van der Waals surface area contributed by atoms with Gasteiger partial charge < -0.3 is 15.5 Å². The number of carbonyl (C=O) groups excluding carboxylic acids is 1. The van der Waals surface area contributed by atoms with E-state index in [1.165, 1.54) is 5.56 Å². The van der Waals surface area contributed by atoms with Gasteiger partial charge in [0.1, 0.15) is 5.76 Å². The third-order valence-electron chi connectivity index (χ3n) is 3.49.